The maximum Gasteiger partial charge on any atom is 0.304 e. The molecule has 0 fully saturated rings. The Kier molecular flexibility index (Phi) is 3.82. The van der Waals surface area contributed by atoms with Gasteiger partial charge in [-0.15, -0.1) is 0 Å². The lowest BCUT2D eigenvalue weighted by Gasteiger charge is -1.95. The Labute approximate surface area is 80.9 Å². The lowest BCUT2D eigenvalue weighted by atomic mass is 10.5. The van der Waals surface area contributed by atoms with Crippen molar-refractivity contribution in [3.8, 4) is 0 Å². The lowest BCUT2D eigenvalue weighted by molar-refractivity contribution is -0.136. The fraction of sp³-hybridized carbons (Fsp3) is 0.500. The SMILES string of the molecule is Cn1ccc(CSCCC(=O)O)n1. The van der Waals surface area contributed by atoms with Crippen LogP contribution in [-0.4, -0.2) is 26.6 Å². The van der Waals surface area contributed by atoms with Crippen LogP contribution in [0, 0.1) is 0 Å². The molecule has 0 aliphatic carbocycles. The Morgan fingerprint density at radius 3 is 3.08 bits per heavy atom. The van der Waals surface area contributed by atoms with Crippen LogP contribution < -0.4 is 0 Å². The fourth-order valence-corrected chi connectivity index (χ4v) is 1.70. The molecule has 1 aromatic rings. The van der Waals surface area contributed by atoms with Gasteiger partial charge >= 0.3 is 5.97 Å². The van der Waals surface area contributed by atoms with Crippen LogP contribution in [0.5, 0.6) is 0 Å². The summed E-state index contributed by atoms with van der Waals surface area (Å²) in [5.41, 5.74) is 0.998. The summed E-state index contributed by atoms with van der Waals surface area (Å²) in [6.45, 7) is 0. The second-order valence-electron chi connectivity index (χ2n) is 2.68. The second-order valence-corrected chi connectivity index (χ2v) is 3.78. The first-order valence-electron chi connectivity index (χ1n) is 3.96. The number of carboxylic acids is 1. The number of hydrogen-bond acceptors (Lipinski definition) is 3. The molecule has 0 saturated heterocycles. The van der Waals surface area contributed by atoms with Gasteiger partial charge in [0.05, 0.1) is 12.1 Å². The van der Waals surface area contributed by atoms with Gasteiger partial charge in [-0.3, -0.25) is 9.48 Å². The van der Waals surface area contributed by atoms with Crippen LogP contribution in [-0.2, 0) is 17.6 Å². The molecule has 0 radical (unpaired) electrons. The average Bonchev–Trinajstić information content (AvgIpc) is 2.45. The van der Waals surface area contributed by atoms with Crippen molar-refractivity contribution in [3.63, 3.8) is 0 Å². The largest absolute Gasteiger partial charge is 0.481 e. The number of aromatic nitrogens is 2. The highest BCUT2D eigenvalue weighted by atomic mass is 32.2. The summed E-state index contributed by atoms with van der Waals surface area (Å²) in [7, 11) is 1.87. The molecule has 13 heavy (non-hydrogen) atoms. The third kappa shape index (κ3) is 3.98. The van der Waals surface area contributed by atoms with Crippen molar-refractivity contribution in [3.05, 3.63) is 18.0 Å². The first-order valence-corrected chi connectivity index (χ1v) is 5.12. The summed E-state index contributed by atoms with van der Waals surface area (Å²) in [4.78, 5) is 10.2. The number of nitrogens with zero attached hydrogens (tertiary/aromatic N) is 2. The van der Waals surface area contributed by atoms with E-state index in [0.717, 1.165) is 11.4 Å². The van der Waals surface area contributed by atoms with Crippen LogP contribution in [0.3, 0.4) is 0 Å². The summed E-state index contributed by atoms with van der Waals surface area (Å²) < 4.78 is 1.74. The normalized spacial score (nSPS) is 10.2. The highest BCUT2D eigenvalue weighted by molar-refractivity contribution is 7.98. The number of rotatable bonds is 5. The van der Waals surface area contributed by atoms with E-state index in [1.165, 1.54) is 0 Å². The monoisotopic (exact) mass is 200 g/mol. The predicted octanol–water partition coefficient (Wildman–Crippen LogP) is 1.13. The van der Waals surface area contributed by atoms with E-state index in [-0.39, 0.29) is 6.42 Å². The molecule has 0 bridgehead atoms. The first-order chi connectivity index (χ1) is 6.18. The lowest BCUT2D eigenvalue weighted by Crippen LogP contribution is -1.96. The molecule has 0 aromatic carbocycles. The highest BCUT2D eigenvalue weighted by Gasteiger charge is 1.99. The van der Waals surface area contributed by atoms with Gasteiger partial charge in [0.25, 0.3) is 0 Å². The molecule has 1 heterocycles. The maximum atomic E-state index is 10.2. The standard InChI is InChI=1S/C8H12N2O2S/c1-10-4-2-7(9-10)6-13-5-3-8(11)12/h2,4H,3,5-6H2,1H3,(H,11,12). The van der Waals surface area contributed by atoms with Crippen molar-refractivity contribution < 1.29 is 9.90 Å². The van der Waals surface area contributed by atoms with Gasteiger partial charge in [-0.05, 0) is 6.07 Å². The van der Waals surface area contributed by atoms with Crippen LogP contribution >= 0.6 is 11.8 Å². The van der Waals surface area contributed by atoms with Crippen molar-refractivity contribution in [2.75, 3.05) is 5.75 Å². The van der Waals surface area contributed by atoms with Crippen LogP contribution in [0.15, 0.2) is 12.3 Å². The van der Waals surface area contributed by atoms with Gasteiger partial charge in [-0.25, -0.2) is 0 Å². The van der Waals surface area contributed by atoms with Crippen LogP contribution in [0.1, 0.15) is 12.1 Å². The van der Waals surface area contributed by atoms with E-state index in [4.69, 9.17) is 5.11 Å². The molecule has 72 valence electrons. The Morgan fingerprint density at radius 2 is 2.54 bits per heavy atom. The van der Waals surface area contributed by atoms with E-state index in [9.17, 15) is 4.79 Å². The molecule has 0 spiro atoms. The van der Waals surface area contributed by atoms with Crippen molar-refractivity contribution in [1.29, 1.82) is 0 Å². The molecule has 0 aliphatic rings. The van der Waals surface area contributed by atoms with Gasteiger partial charge in [0.1, 0.15) is 0 Å². The van der Waals surface area contributed by atoms with Gasteiger partial charge in [-0.2, -0.15) is 16.9 Å². The van der Waals surface area contributed by atoms with Crippen molar-refractivity contribution >= 4 is 17.7 Å². The molecule has 1 rings (SSSR count). The number of carbonyl (C=O) groups is 1. The third-order valence-corrected chi connectivity index (χ3v) is 2.47. The summed E-state index contributed by atoms with van der Waals surface area (Å²) >= 11 is 1.59. The molecular weight excluding hydrogens is 188 g/mol. The topological polar surface area (TPSA) is 55.1 Å². The molecule has 0 saturated carbocycles. The van der Waals surface area contributed by atoms with E-state index in [2.05, 4.69) is 5.10 Å². The average molecular weight is 200 g/mol. The molecule has 0 atom stereocenters. The molecule has 1 aromatic heterocycles. The van der Waals surface area contributed by atoms with E-state index in [1.54, 1.807) is 16.4 Å². The molecule has 0 unspecified atom stereocenters. The van der Waals surface area contributed by atoms with Gasteiger partial charge in [0.15, 0.2) is 0 Å². The zero-order valence-electron chi connectivity index (χ0n) is 7.43. The maximum absolute atomic E-state index is 10.2. The summed E-state index contributed by atoms with van der Waals surface area (Å²) in [5, 5.41) is 12.6. The number of carboxylic acid groups (broad SMARTS) is 1. The van der Waals surface area contributed by atoms with E-state index in [1.807, 2.05) is 19.3 Å². The van der Waals surface area contributed by atoms with E-state index >= 15 is 0 Å². The van der Waals surface area contributed by atoms with Crippen LogP contribution in [0.25, 0.3) is 0 Å². The molecule has 1 N–H and O–H groups in total. The second kappa shape index (κ2) is 4.91. The molecule has 0 aliphatic heterocycles. The minimum Gasteiger partial charge on any atom is -0.481 e. The Balaban J connectivity index is 2.16. The minimum absolute atomic E-state index is 0.220. The summed E-state index contributed by atoms with van der Waals surface area (Å²) in [5.74, 6) is 0.688. The van der Waals surface area contributed by atoms with E-state index in [0.29, 0.717) is 5.75 Å². The highest BCUT2D eigenvalue weighted by Crippen LogP contribution is 2.10. The van der Waals surface area contributed by atoms with Gasteiger partial charge in [-0.1, -0.05) is 0 Å². The van der Waals surface area contributed by atoms with Crippen molar-refractivity contribution in [2.45, 2.75) is 12.2 Å². The smallest absolute Gasteiger partial charge is 0.304 e. The quantitative estimate of drug-likeness (QED) is 0.724. The Morgan fingerprint density at radius 1 is 1.77 bits per heavy atom. The number of aryl methyl sites for hydroxylation is 1. The number of aliphatic carboxylic acids is 1. The van der Waals surface area contributed by atoms with Crippen molar-refractivity contribution in [2.24, 2.45) is 7.05 Å². The van der Waals surface area contributed by atoms with Gasteiger partial charge in [0, 0.05) is 24.8 Å². The summed E-state index contributed by atoms with van der Waals surface area (Å²) in [6, 6.07) is 1.94. The molecular formula is C8H12N2O2S. The van der Waals surface area contributed by atoms with Crippen molar-refractivity contribution in [1.82, 2.24) is 9.78 Å². The fourth-order valence-electron chi connectivity index (χ4n) is 0.876. The van der Waals surface area contributed by atoms with Crippen LogP contribution in [0.4, 0.5) is 0 Å². The Bertz CT molecular complexity index is 285. The zero-order valence-corrected chi connectivity index (χ0v) is 8.25. The number of hydrogen-bond donors (Lipinski definition) is 1. The molecule has 5 heteroatoms. The third-order valence-electron chi connectivity index (χ3n) is 1.48. The Hall–Kier alpha value is -0.970. The van der Waals surface area contributed by atoms with E-state index < -0.39 is 5.97 Å². The van der Waals surface area contributed by atoms with Crippen LogP contribution in [0.2, 0.25) is 0 Å². The predicted molar refractivity (Wildman–Crippen MR) is 51.6 cm³/mol. The van der Waals surface area contributed by atoms with Gasteiger partial charge in [0.2, 0.25) is 0 Å². The number of thioether (sulfide) groups is 1. The molecule has 4 nitrogen and oxygen atoms in total. The first kappa shape index (κ1) is 10.1. The minimum atomic E-state index is -0.742. The zero-order chi connectivity index (χ0) is 9.68. The summed E-state index contributed by atoms with van der Waals surface area (Å²) in [6.07, 6.45) is 2.10. The molecule has 0 amide bonds. The van der Waals surface area contributed by atoms with Gasteiger partial charge < -0.3 is 5.11 Å².